The summed E-state index contributed by atoms with van der Waals surface area (Å²) in [6.07, 6.45) is 3.44. The molecule has 0 radical (unpaired) electrons. The number of carbonyl (C=O) groups excluding carboxylic acids is 1. The molecule has 0 aliphatic rings. The number of rotatable bonds is 1. The molecule has 2 heterocycles. The van der Waals surface area contributed by atoms with E-state index in [1.807, 2.05) is 6.92 Å². The predicted molar refractivity (Wildman–Crippen MR) is 49.1 cm³/mol. The van der Waals surface area contributed by atoms with E-state index >= 15 is 0 Å². The van der Waals surface area contributed by atoms with Crippen LogP contribution in [0.1, 0.15) is 16.2 Å². The SMILES string of the molecule is COC(=O)c1ccn2c(C)cnc2n1. The Morgan fingerprint density at radius 3 is 3.07 bits per heavy atom. The summed E-state index contributed by atoms with van der Waals surface area (Å²) in [5.74, 6) is 0.0542. The van der Waals surface area contributed by atoms with E-state index in [9.17, 15) is 4.79 Å². The van der Waals surface area contributed by atoms with Gasteiger partial charge in [-0.3, -0.25) is 4.40 Å². The molecule has 0 fully saturated rings. The number of carbonyl (C=O) groups is 1. The van der Waals surface area contributed by atoms with Crippen molar-refractivity contribution in [3.8, 4) is 0 Å². The van der Waals surface area contributed by atoms with Gasteiger partial charge in [-0.25, -0.2) is 14.8 Å². The topological polar surface area (TPSA) is 56.5 Å². The fraction of sp³-hybridized carbons (Fsp3) is 0.222. The number of nitrogens with zero attached hydrogens (tertiary/aromatic N) is 3. The average Bonchev–Trinajstić information content (AvgIpc) is 2.59. The van der Waals surface area contributed by atoms with Gasteiger partial charge in [0.1, 0.15) is 0 Å². The third kappa shape index (κ3) is 1.22. The lowest BCUT2D eigenvalue weighted by Gasteiger charge is -1.99. The normalized spacial score (nSPS) is 10.4. The van der Waals surface area contributed by atoms with E-state index in [0.717, 1.165) is 5.69 Å². The molecule has 0 saturated carbocycles. The van der Waals surface area contributed by atoms with Gasteiger partial charge in [-0.05, 0) is 13.0 Å². The number of aryl methyl sites for hydroxylation is 1. The van der Waals surface area contributed by atoms with Crippen LogP contribution in [-0.2, 0) is 4.74 Å². The summed E-state index contributed by atoms with van der Waals surface area (Å²) < 4.78 is 6.35. The summed E-state index contributed by atoms with van der Waals surface area (Å²) in [5, 5.41) is 0. The number of methoxy groups -OCH3 is 1. The Morgan fingerprint density at radius 2 is 2.36 bits per heavy atom. The van der Waals surface area contributed by atoms with E-state index in [0.29, 0.717) is 5.78 Å². The highest BCUT2D eigenvalue weighted by molar-refractivity contribution is 5.87. The number of ether oxygens (including phenoxy) is 1. The highest BCUT2D eigenvalue weighted by Crippen LogP contribution is 2.05. The lowest BCUT2D eigenvalue weighted by atomic mass is 10.4. The Morgan fingerprint density at radius 1 is 1.57 bits per heavy atom. The fourth-order valence-electron chi connectivity index (χ4n) is 1.21. The van der Waals surface area contributed by atoms with E-state index in [4.69, 9.17) is 0 Å². The van der Waals surface area contributed by atoms with Gasteiger partial charge in [0.2, 0.25) is 5.78 Å². The number of imidazole rings is 1. The van der Waals surface area contributed by atoms with E-state index in [1.54, 1.807) is 22.9 Å². The molecule has 0 unspecified atom stereocenters. The summed E-state index contributed by atoms with van der Waals surface area (Å²) in [7, 11) is 1.32. The fourth-order valence-corrected chi connectivity index (χ4v) is 1.21. The van der Waals surface area contributed by atoms with E-state index in [1.165, 1.54) is 7.11 Å². The minimum atomic E-state index is -0.451. The van der Waals surface area contributed by atoms with Crippen molar-refractivity contribution >= 4 is 11.7 Å². The van der Waals surface area contributed by atoms with Crippen LogP contribution in [-0.4, -0.2) is 27.4 Å². The Labute approximate surface area is 80.4 Å². The Bertz CT molecular complexity index is 490. The van der Waals surface area contributed by atoms with Crippen LogP contribution in [0, 0.1) is 6.92 Å². The molecule has 0 spiro atoms. The highest BCUT2D eigenvalue weighted by Gasteiger charge is 2.08. The van der Waals surface area contributed by atoms with Crippen molar-refractivity contribution in [2.75, 3.05) is 7.11 Å². The van der Waals surface area contributed by atoms with Crippen LogP contribution in [0.5, 0.6) is 0 Å². The molecule has 0 aliphatic heterocycles. The van der Waals surface area contributed by atoms with E-state index in [2.05, 4.69) is 14.7 Å². The maximum atomic E-state index is 11.1. The largest absolute Gasteiger partial charge is 0.464 e. The number of hydrogen-bond acceptors (Lipinski definition) is 4. The maximum absolute atomic E-state index is 11.1. The lowest BCUT2D eigenvalue weighted by molar-refractivity contribution is 0.0594. The van der Waals surface area contributed by atoms with Crippen LogP contribution in [0.15, 0.2) is 18.5 Å². The number of aromatic nitrogens is 3. The molecule has 0 aliphatic carbocycles. The van der Waals surface area contributed by atoms with E-state index < -0.39 is 5.97 Å². The summed E-state index contributed by atoms with van der Waals surface area (Å²) >= 11 is 0. The van der Waals surface area contributed by atoms with Gasteiger partial charge in [0, 0.05) is 11.9 Å². The van der Waals surface area contributed by atoms with Crippen molar-refractivity contribution in [3.63, 3.8) is 0 Å². The molecule has 2 aromatic rings. The van der Waals surface area contributed by atoms with E-state index in [-0.39, 0.29) is 5.69 Å². The average molecular weight is 191 g/mol. The standard InChI is InChI=1S/C9H9N3O2/c1-6-5-10-9-11-7(8(13)14-2)3-4-12(6)9/h3-5H,1-2H3. The first-order valence-corrected chi connectivity index (χ1v) is 4.11. The van der Waals surface area contributed by atoms with Crippen molar-refractivity contribution in [2.24, 2.45) is 0 Å². The van der Waals surface area contributed by atoms with Gasteiger partial charge in [-0.1, -0.05) is 0 Å². The minimum Gasteiger partial charge on any atom is -0.464 e. The molecule has 14 heavy (non-hydrogen) atoms. The molecule has 72 valence electrons. The van der Waals surface area contributed by atoms with Crippen LogP contribution in [0.25, 0.3) is 5.78 Å². The lowest BCUT2D eigenvalue weighted by Crippen LogP contribution is -2.05. The van der Waals surface area contributed by atoms with Crippen LogP contribution in [0.2, 0.25) is 0 Å². The summed E-state index contributed by atoms with van der Waals surface area (Å²) in [4.78, 5) is 19.2. The van der Waals surface area contributed by atoms with Crippen molar-refractivity contribution in [2.45, 2.75) is 6.92 Å². The first-order valence-electron chi connectivity index (χ1n) is 4.11. The zero-order valence-electron chi connectivity index (χ0n) is 7.89. The Balaban J connectivity index is 2.57. The second-order valence-electron chi connectivity index (χ2n) is 2.87. The van der Waals surface area contributed by atoms with Crippen LogP contribution in [0.4, 0.5) is 0 Å². The second-order valence-corrected chi connectivity index (χ2v) is 2.87. The Hall–Kier alpha value is -1.91. The summed E-state index contributed by atoms with van der Waals surface area (Å²) in [5.41, 5.74) is 1.24. The van der Waals surface area contributed by atoms with Gasteiger partial charge < -0.3 is 4.74 Å². The maximum Gasteiger partial charge on any atom is 0.356 e. The smallest absolute Gasteiger partial charge is 0.356 e. The number of esters is 1. The number of fused-ring (bicyclic) bond motifs is 1. The van der Waals surface area contributed by atoms with Gasteiger partial charge in [-0.15, -0.1) is 0 Å². The molecule has 0 N–H and O–H groups in total. The third-order valence-electron chi connectivity index (χ3n) is 1.96. The molecular weight excluding hydrogens is 182 g/mol. The molecule has 0 atom stereocenters. The molecular formula is C9H9N3O2. The molecule has 0 saturated heterocycles. The Kier molecular flexibility index (Phi) is 1.92. The van der Waals surface area contributed by atoms with Crippen molar-refractivity contribution in [1.29, 1.82) is 0 Å². The van der Waals surface area contributed by atoms with Crippen LogP contribution in [0.3, 0.4) is 0 Å². The molecule has 2 rings (SSSR count). The predicted octanol–water partition coefficient (Wildman–Crippen LogP) is 0.824. The van der Waals surface area contributed by atoms with Gasteiger partial charge >= 0.3 is 5.97 Å². The van der Waals surface area contributed by atoms with Gasteiger partial charge in [0.15, 0.2) is 5.69 Å². The molecule has 0 aromatic carbocycles. The minimum absolute atomic E-state index is 0.269. The van der Waals surface area contributed by atoms with Crippen molar-refractivity contribution in [1.82, 2.24) is 14.4 Å². The van der Waals surface area contributed by atoms with Crippen LogP contribution >= 0.6 is 0 Å². The molecule has 0 bridgehead atoms. The van der Waals surface area contributed by atoms with Gasteiger partial charge in [0.05, 0.1) is 13.3 Å². The monoisotopic (exact) mass is 191 g/mol. The third-order valence-corrected chi connectivity index (χ3v) is 1.96. The summed E-state index contributed by atoms with van der Waals surface area (Å²) in [6, 6.07) is 1.60. The van der Waals surface area contributed by atoms with Gasteiger partial charge in [0.25, 0.3) is 0 Å². The quantitative estimate of drug-likeness (QED) is 0.626. The number of hydrogen-bond donors (Lipinski definition) is 0. The molecule has 5 nitrogen and oxygen atoms in total. The highest BCUT2D eigenvalue weighted by atomic mass is 16.5. The molecule has 2 aromatic heterocycles. The first-order chi connectivity index (χ1) is 6.72. The molecule has 5 heteroatoms. The van der Waals surface area contributed by atoms with Crippen molar-refractivity contribution in [3.05, 3.63) is 29.8 Å². The van der Waals surface area contributed by atoms with Crippen molar-refractivity contribution < 1.29 is 9.53 Å². The zero-order chi connectivity index (χ0) is 10.1. The second kappa shape index (κ2) is 3.10. The first kappa shape index (κ1) is 8.68. The van der Waals surface area contributed by atoms with Crippen LogP contribution < -0.4 is 0 Å². The zero-order valence-corrected chi connectivity index (χ0v) is 7.89. The van der Waals surface area contributed by atoms with Gasteiger partial charge in [-0.2, -0.15) is 0 Å². The summed E-state index contributed by atoms with van der Waals surface area (Å²) in [6.45, 7) is 1.92. The molecule has 0 amide bonds.